The number of carboxylic acid groups (broad SMARTS) is 1. The van der Waals surface area contributed by atoms with Crippen LogP contribution in [0.2, 0.25) is 0 Å². The van der Waals surface area contributed by atoms with Crippen molar-refractivity contribution in [2.75, 3.05) is 7.11 Å². The van der Waals surface area contributed by atoms with Gasteiger partial charge in [0.2, 0.25) is 0 Å². The first-order valence-electron chi connectivity index (χ1n) is 9.33. The number of aliphatic carboxylic acids is 1. The highest BCUT2D eigenvalue weighted by Crippen LogP contribution is 2.42. The lowest BCUT2D eigenvalue weighted by molar-refractivity contribution is -0.147. The molecule has 0 saturated heterocycles. The van der Waals surface area contributed by atoms with Gasteiger partial charge in [-0.1, -0.05) is 55.7 Å². The fourth-order valence-electron chi connectivity index (χ4n) is 3.85. The molecule has 5 heteroatoms. The van der Waals surface area contributed by atoms with Gasteiger partial charge < -0.3 is 19.7 Å². The minimum atomic E-state index is -1.22. The van der Waals surface area contributed by atoms with Crippen molar-refractivity contribution in [3.8, 4) is 11.5 Å². The van der Waals surface area contributed by atoms with Crippen LogP contribution in [0, 0.1) is 0 Å². The van der Waals surface area contributed by atoms with Crippen molar-refractivity contribution < 1.29 is 24.5 Å². The van der Waals surface area contributed by atoms with Gasteiger partial charge in [0, 0.05) is 0 Å². The second-order valence-electron chi connectivity index (χ2n) is 7.12. The Morgan fingerprint density at radius 3 is 2.41 bits per heavy atom. The van der Waals surface area contributed by atoms with Gasteiger partial charge >= 0.3 is 5.97 Å². The molecule has 1 aliphatic rings. The third-order valence-corrected chi connectivity index (χ3v) is 5.26. The first kappa shape index (κ1) is 19.2. The number of ether oxygens (including phenoxy) is 2. The summed E-state index contributed by atoms with van der Waals surface area (Å²) in [6.07, 6.45) is 3.71. The minimum absolute atomic E-state index is 0.392. The van der Waals surface area contributed by atoms with E-state index in [9.17, 15) is 15.0 Å². The molecule has 0 spiro atoms. The first-order valence-corrected chi connectivity index (χ1v) is 9.33. The first-order chi connectivity index (χ1) is 13.0. The average Bonchev–Trinajstić information content (AvgIpc) is 2.67. The van der Waals surface area contributed by atoms with Crippen LogP contribution in [0.1, 0.15) is 49.1 Å². The van der Waals surface area contributed by atoms with Crippen LogP contribution in [-0.4, -0.2) is 28.9 Å². The number of carboxylic acids is 1. The van der Waals surface area contributed by atoms with E-state index in [0.717, 1.165) is 24.8 Å². The fourth-order valence-corrected chi connectivity index (χ4v) is 3.85. The summed E-state index contributed by atoms with van der Waals surface area (Å²) in [6, 6.07) is 14.9. The van der Waals surface area contributed by atoms with Gasteiger partial charge in [-0.05, 0) is 36.1 Å². The summed E-state index contributed by atoms with van der Waals surface area (Å²) >= 11 is 0. The van der Waals surface area contributed by atoms with E-state index in [-0.39, 0.29) is 0 Å². The molecule has 1 fully saturated rings. The number of hydrogen-bond acceptors (Lipinski definition) is 4. The molecule has 1 saturated carbocycles. The molecule has 0 amide bonds. The van der Waals surface area contributed by atoms with Crippen LogP contribution in [0.25, 0.3) is 0 Å². The summed E-state index contributed by atoms with van der Waals surface area (Å²) in [6.45, 7) is 0.392. The highest BCUT2D eigenvalue weighted by atomic mass is 16.5. The Kier molecular flexibility index (Phi) is 6.01. The lowest BCUT2D eigenvalue weighted by Crippen LogP contribution is -2.42. The zero-order valence-electron chi connectivity index (χ0n) is 15.6. The number of benzene rings is 2. The zero-order chi connectivity index (χ0) is 19.3. The number of rotatable bonds is 7. The largest absolute Gasteiger partial charge is 0.493 e. The maximum atomic E-state index is 12.0. The van der Waals surface area contributed by atoms with Crippen LogP contribution in [0.4, 0.5) is 0 Å². The molecule has 27 heavy (non-hydrogen) atoms. The van der Waals surface area contributed by atoms with E-state index in [1.54, 1.807) is 18.2 Å². The Morgan fingerprint density at radius 2 is 1.78 bits per heavy atom. The molecule has 5 nitrogen and oxygen atoms in total. The van der Waals surface area contributed by atoms with Gasteiger partial charge in [-0.2, -0.15) is 0 Å². The molecule has 2 aromatic carbocycles. The second kappa shape index (κ2) is 8.44. The molecule has 0 aromatic heterocycles. The Hall–Kier alpha value is -2.53. The predicted octanol–water partition coefficient (Wildman–Crippen LogP) is 4.14. The van der Waals surface area contributed by atoms with Gasteiger partial charge in [0.15, 0.2) is 11.5 Å². The summed E-state index contributed by atoms with van der Waals surface area (Å²) in [5, 5.41) is 20.8. The van der Waals surface area contributed by atoms with Crippen molar-refractivity contribution >= 4 is 5.97 Å². The summed E-state index contributed by atoms with van der Waals surface area (Å²) in [5.41, 5.74) is 0.348. The maximum absolute atomic E-state index is 12.0. The highest BCUT2D eigenvalue weighted by Gasteiger charge is 2.43. The molecule has 1 atom stereocenters. The molecule has 2 aromatic rings. The van der Waals surface area contributed by atoms with E-state index in [1.165, 1.54) is 7.11 Å². The van der Waals surface area contributed by atoms with Crippen molar-refractivity contribution in [2.24, 2.45) is 0 Å². The summed E-state index contributed by atoms with van der Waals surface area (Å²) in [7, 11) is 1.53. The van der Waals surface area contributed by atoms with Crippen molar-refractivity contribution in [3.63, 3.8) is 0 Å². The molecule has 0 radical (unpaired) electrons. The van der Waals surface area contributed by atoms with Crippen LogP contribution in [0.15, 0.2) is 48.5 Å². The summed E-state index contributed by atoms with van der Waals surface area (Å²) in [4.78, 5) is 12.0. The number of methoxy groups -OCH3 is 1. The van der Waals surface area contributed by atoms with Crippen molar-refractivity contribution in [1.82, 2.24) is 0 Å². The maximum Gasteiger partial charge on any atom is 0.313 e. The van der Waals surface area contributed by atoms with Gasteiger partial charge in [-0.3, -0.25) is 4.79 Å². The van der Waals surface area contributed by atoms with Gasteiger partial charge in [0.1, 0.15) is 12.5 Å². The lowest BCUT2D eigenvalue weighted by Gasteiger charge is -2.37. The quantitative estimate of drug-likeness (QED) is 0.766. The van der Waals surface area contributed by atoms with Crippen LogP contribution in [0.3, 0.4) is 0 Å². The van der Waals surface area contributed by atoms with Crippen LogP contribution < -0.4 is 9.47 Å². The third-order valence-electron chi connectivity index (χ3n) is 5.26. The van der Waals surface area contributed by atoms with E-state index in [1.807, 2.05) is 30.3 Å². The van der Waals surface area contributed by atoms with Gasteiger partial charge in [-0.15, -0.1) is 0 Å². The third kappa shape index (κ3) is 4.42. The number of hydrogen-bond donors (Lipinski definition) is 2. The summed E-state index contributed by atoms with van der Waals surface area (Å²) in [5.74, 6) is -0.978. The Bertz CT molecular complexity index is 766. The van der Waals surface area contributed by atoms with Gasteiger partial charge in [0.05, 0.1) is 12.7 Å². The van der Waals surface area contributed by atoms with Crippen LogP contribution in [0.5, 0.6) is 11.5 Å². The van der Waals surface area contributed by atoms with E-state index < -0.39 is 17.5 Å². The second-order valence-corrected chi connectivity index (χ2v) is 7.12. The van der Waals surface area contributed by atoms with E-state index in [0.29, 0.717) is 36.5 Å². The molecule has 1 aliphatic carbocycles. The molecule has 144 valence electrons. The average molecular weight is 370 g/mol. The summed E-state index contributed by atoms with van der Waals surface area (Å²) < 4.78 is 11.3. The number of carbonyl (C=O) groups is 1. The SMILES string of the molecule is COc1cc(C(C(=O)O)C2(O)CCCCC2)ccc1OCc1ccccc1. The predicted molar refractivity (Wildman–Crippen MR) is 102 cm³/mol. The Balaban J connectivity index is 1.84. The van der Waals surface area contributed by atoms with E-state index >= 15 is 0 Å². The topological polar surface area (TPSA) is 76.0 Å². The molecule has 3 rings (SSSR count). The Morgan fingerprint density at radius 1 is 1.07 bits per heavy atom. The molecule has 0 aliphatic heterocycles. The molecule has 0 heterocycles. The minimum Gasteiger partial charge on any atom is -0.493 e. The van der Waals surface area contributed by atoms with E-state index in [4.69, 9.17) is 9.47 Å². The molecule has 2 N–H and O–H groups in total. The standard InChI is InChI=1S/C22H26O5/c1-26-19-14-17(20(21(23)24)22(25)12-6-3-7-13-22)10-11-18(19)27-15-16-8-4-2-5-9-16/h2,4-5,8-11,14,20,25H,3,6-7,12-13,15H2,1H3,(H,23,24). The van der Waals surface area contributed by atoms with Crippen molar-refractivity contribution in [1.29, 1.82) is 0 Å². The van der Waals surface area contributed by atoms with Crippen molar-refractivity contribution in [3.05, 3.63) is 59.7 Å². The normalized spacial score (nSPS) is 17.1. The monoisotopic (exact) mass is 370 g/mol. The highest BCUT2D eigenvalue weighted by molar-refractivity contribution is 5.78. The fraction of sp³-hybridized carbons (Fsp3) is 0.409. The molecule has 1 unspecified atom stereocenters. The number of aliphatic hydroxyl groups is 1. The zero-order valence-corrected chi connectivity index (χ0v) is 15.6. The van der Waals surface area contributed by atoms with Gasteiger partial charge in [0.25, 0.3) is 0 Å². The molecule has 0 bridgehead atoms. The van der Waals surface area contributed by atoms with E-state index in [2.05, 4.69) is 0 Å². The van der Waals surface area contributed by atoms with Crippen molar-refractivity contribution in [2.45, 2.75) is 50.2 Å². The lowest BCUT2D eigenvalue weighted by atomic mass is 9.73. The molecular formula is C22H26O5. The smallest absolute Gasteiger partial charge is 0.313 e. The van der Waals surface area contributed by atoms with Crippen LogP contribution >= 0.6 is 0 Å². The van der Waals surface area contributed by atoms with Gasteiger partial charge in [-0.25, -0.2) is 0 Å². The molecular weight excluding hydrogens is 344 g/mol. The van der Waals surface area contributed by atoms with Crippen LogP contribution in [-0.2, 0) is 11.4 Å². The Labute approximate surface area is 159 Å².